The predicted molar refractivity (Wildman–Crippen MR) is 58.9 cm³/mol. The summed E-state index contributed by atoms with van der Waals surface area (Å²) in [6, 6.07) is 3.91. The molecule has 0 aliphatic rings. The van der Waals surface area contributed by atoms with Gasteiger partial charge in [0.15, 0.2) is 0 Å². The van der Waals surface area contributed by atoms with E-state index in [0.717, 1.165) is 6.07 Å². The van der Waals surface area contributed by atoms with Gasteiger partial charge in [-0.05, 0) is 24.1 Å². The Morgan fingerprint density at radius 2 is 1.94 bits per heavy atom. The Balaban J connectivity index is 2.85. The molecule has 0 atom stereocenters. The van der Waals surface area contributed by atoms with E-state index in [2.05, 4.69) is 9.97 Å². The number of rotatable bonds is 1. The topological polar surface area (TPSA) is 25.8 Å². The van der Waals surface area contributed by atoms with E-state index >= 15 is 0 Å². The predicted octanol–water partition coefficient (Wildman–Crippen LogP) is 3.86. The van der Waals surface area contributed by atoms with Crippen LogP contribution in [0.3, 0.4) is 0 Å². The van der Waals surface area contributed by atoms with Crippen LogP contribution < -0.4 is 0 Å². The van der Waals surface area contributed by atoms with E-state index in [-0.39, 0.29) is 10.8 Å². The molecule has 1 heterocycles. The van der Waals surface area contributed by atoms with E-state index in [4.69, 9.17) is 11.6 Å². The average Bonchev–Trinajstić information content (AvgIpc) is 2.25. The third kappa shape index (κ3) is 2.20. The molecular formula is C11H8ClF3N2. The summed E-state index contributed by atoms with van der Waals surface area (Å²) in [5, 5.41) is 0.234. The van der Waals surface area contributed by atoms with Crippen LogP contribution in [0.2, 0.25) is 5.28 Å². The lowest BCUT2D eigenvalue weighted by Crippen LogP contribution is -2.07. The minimum atomic E-state index is -4.44. The molecule has 90 valence electrons. The van der Waals surface area contributed by atoms with Gasteiger partial charge >= 0.3 is 6.18 Å². The van der Waals surface area contributed by atoms with E-state index in [1.165, 1.54) is 6.07 Å². The first-order chi connectivity index (χ1) is 7.93. The highest BCUT2D eigenvalue weighted by Gasteiger charge is 2.33. The number of hydrogen-bond donors (Lipinski definition) is 0. The van der Waals surface area contributed by atoms with Gasteiger partial charge in [-0.15, -0.1) is 0 Å². The van der Waals surface area contributed by atoms with Gasteiger partial charge in [-0.1, -0.05) is 19.1 Å². The minimum Gasteiger partial charge on any atom is -0.222 e. The molecule has 17 heavy (non-hydrogen) atoms. The molecule has 0 fully saturated rings. The van der Waals surface area contributed by atoms with Crippen molar-refractivity contribution in [2.75, 3.05) is 0 Å². The first-order valence-electron chi connectivity index (χ1n) is 4.96. The van der Waals surface area contributed by atoms with Gasteiger partial charge < -0.3 is 0 Å². The van der Waals surface area contributed by atoms with Crippen LogP contribution in [0.25, 0.3) is 10.9 Å². The summed E-state index contributed by atoms with van der Waals surface area (Å²) in [5.41, 5.74) is -0.406. The van der Waals surface area contributed by atoms with Gasteiger partial charge in [0.05, 0.1) is 16.8 Å². The van der Waals surface area contributed by atoms with Crippen molar-refractivity contribution in [3.8, 4) is 0 Å². The number of fused-ring (bicyclic) bond motifs is 1. The molecule has 2 aromatic rings. The second-order valence-electron chi connectivity index (χ2n) is 3.49. The van der Waals surface area contributed by atoms with Crippen molar-refractivity contribution in [2.24, 2.45) is 0 Å². The zero-order chi connectivity index (χ0) is 12.6. The van der Waals surface area contributed by atoms with E-state index in [9.17, 15) is 13.2 Å². The number of nitrogens with zero attached hydrogens (tertiary/aromatic N) is 2. The Kier molecular flexibility index (Phi) is 2.95. The Bertz CT molecular complexity index is 566. The zero-order valence-electron chi connectivity index (χ0n) is 8.85. The molecular weight excluding hydrogens is 253 g/mol. The fourth-order valence-corrected chi connectivity index (χ4v) is 1.87. The van der Waals surface area contributed by atoms with Crippen LogP contribution in [0.15, 0.2) is 18.2 Å². The molecule has 0 spiro atoms. The summed E-state index contributed by atoms with van der Waals surface area (Å²) in [7, 11) is 0. The highest BCUT2D eigenvalue weighted by Crippen LogP contribution is 2.34. The lowest BCUT2D eigenvalue weighted by molar-refractivity contribution is -0.136. The monoisotopic (exact) mass is 260 g/mol. The number of para-hydroxylation sites is 1. The Hall–Kier alpha value is -1.36. The van der Waals surface area contributed by atoms with Crippen molar-refractivity contribution >= 4 is 22.5 Å². The molecule has 0 aliphatic heterocycles. The van der Waals surface area contributed by atoms with Crippen molar-refractivity contribution in [1.82, 2.24) is 9.97 Å². The minimum absolute atomic E-state index is 0.142. The van der Waals surface area contributed by atoms with Gasteiger partial charge in [-0.3, -0.25) is 0 Å². The fourth-order valence-electron chi connectivity index (χ4n) is 1.68. The Labute approximate surface area is 100 Å². The second-order valence-corrected chi connectivity index (χ2v) is 3.83. The van der Waals surface area contributed by atoms with Crippen molar-refractivity contribution in [3.05, 3.63) is 34.7 Å². The molecule has 2 nitrogen and oxygen atoms in total. The average molecular weight is 261 g/mol. The molecule has 0 aliphatic carbocycles. The molecule has 0 saturated carbocycles. The molecule has 2 rings (SSSR count). The highest BCUT2D eigenvalue weighted by molar-refractivity contribution is 6.28. The molecule has 0 amide bonds. The van der Waals surface area contributed by atoms with Gasteiger partial charge in [-0.2, -0.15) is 13.2 Å². The van der Waals surface area contributed by atoms with Crippen LogP contribution in [0.5, 0.6) is 0 Å². The number of hydrogen-bond acceptors (Lipinski definition) is 2. The number of benzene rings is 1. The normalized spacial score (nSPS) is 12.1. The second kappa shape index (κ2) is 4.14. The number of alkyl halides is 3. The van der Waals surface area contributed by atoms with Gasteiger partial charge in [0, 0.05) is 5.39 Å². The Morgan fingerprint density at radius 3 is 2.53 bits per heavy atom. The molecule has 0 radical (unpaired) electrons. The SMILES string of the molecule is CCc1nc(Cl)nc2c(C(F)(F)F)cccc12. The summed E-state index contributed by atoms with van der Waals surface area (Å²) >= 11 is 5.64. The summed E-state index contributed by atoms with van der Waals surface area (Å²) in [5.74, 6) is 0. The lowest BCUT2D eigenvalue weighted by atomic mass is 10.1. The summed E-state index contributed by atoms with van der Waals surface area (Å²) < 4.78 is 38.3. The van der Waals surface area contributed by atoms with Gasteiger partial charge in [0.1, 0.15) is 0 Å². The van der Waals surface area contributed by atoms with Crippen LogP contribution in [0, 0.1) is 0 Å². The number of aryl methyl sites for hydroxylation is 1. The van der Waals surface area contributed by atoms with E-state index < -0.39 is 11.7 Å². The van der Waals surface area contributed by atoms with Gasteiger partial charge in [-0.25, -0.2) is 9.97 Å². The molecule has 1 aromatic heterocycles. The standard InChI is InChI=1S/C11H8ClF3N2/c1-2-8-6-4-3-5-7(11(13,14)15)9(6)17-10(12)16-8/h3-5H,2H2,1H3. The van der Waals surface area contributed by atoms with E-state index in [0.29, 0.717) is 17.5 Å². The number of halogens is 4. The largest absolute Gasteiger partial charge is 0.418 e. The maximum atomic E-state index is 12.8. The summed E-state index contributed by atoms with van der Waals surface area (Å²) in [6.45, 7) is 1.80. The maximum absolute atomic E-state index is 12.8. The quantitative estimate of drug-likeness (QED) is 0.728. The third-order valence-electron chi connectivity index (χ3n) is 2.42. The van der Waals surface area contributed by atoms with Crippen molar-refractivity contribution in [3.63, 3.8) is 0 Å². The third-order valence-corrected chi connectivity index (χ3v) is 2.59. The van der Waals surface area contributed by atoms with Gasteiger partial charge in [0.2, 0.25) is 5.28 Å². The smallest absolute Gasteiger partial charge is 0.222 e. The van der Waals surface area contributed by atoms with Crippen LogP contribution in [-0.2, 0) is 12.6 Å². The van der Waals surface area contributed by atoms with Crippen LogP contribution in [0.1, 0.15) is 18.2 Å². The zero-order valence-corrected chi connectivity index (χ0v) is 9.60. The van der Waals surface area contributed by atoms with Crippen LogP contribution in [-0.4, -0.2) is 9.97 Å². The first-order valence-corrected chi connectivity index (χ1v) is 5.33. The molecule has 1 aromatic carbocycles. The molecule has 0 bridgehead atoms. The van der Waals surface area contributed by atoms with Gasteiger partial charge in [0.25, 0.3) is 0 Å². The lowest BCUT2D eigenvalue weighted by Gasteiger charge is -2.11. The van der Waals surface area contributed by atoms with E-state index in [1.807, 2.05) is 0 Å². The van der Waals surface area contributed by atoms with Crippen LogP contribution >= 0.6 is 11.6 Å². The number of aromatic nitrogens is 2. The maximum Gasteiger partial charge on any atom is 0.418 e. The highest BCUT2D eigenvalue weighted by atomic mass is 35.5. The Morgan fingerprint density at radius 1 is 1.24 bits per heavy atom. The summed E-state index contributed by atoms with van der Waals surface area (Å²) in [4.78, 5) is 7.61. The van der Waals surface area contributed by atoms with Crippen molar-refractivity contribution in [1.29, 1.82) is 0 Å². The molecule has 6 heteroatoms. The van der Waals surface area contributed by atoms with Crippen LogP contribution in [0.4, 0.5) is 13.2 Å². The fraction of sp³-hybridized carbons (Fsp3) is 0.273. The molecule has 0 unspecified atom stereocenters. The molecule has 0 saturated heterocycles. The van der Waals surface area contributed by atoms with Crippen molar-refractivity contribution < 1.29 is 13.2 Å². The summed E-state index contributed by atoms with van der Waals surface area (Å²) in [6.07, 6.45) is -3.94. The van der Waals surface area contributed by atoms with E-state index in [1.54, 1.807) is 13.0 Å². The van der Waals surface area contributed by atoms with Crippen molar-refractivity contribution in [2.45, 2.75) is 19.5 Å². The first kappa shape index (κ1) is 12.1. The molecule has 0 N–H and O–H groups in total.